The van der Waals surface area contributed by atoms with Gasteiger partial charge in [-0.1, -0.05) is 0 Å². The number of nitrogens with zero attached hydrogens (tertiary/aromatic N) is 3. The molecular weight excluding hydrogens is 386 g/mol. The zero-order chi connectivity index (χ0) is 20.0. The molecule has 3 aliphatic heterocycles. The van der Waals surface area contributed by atoms with E-state index in [0.29, 0.717) is 4.91 Å². The van der Waals surface area contributed by atoms with E-state index in [-0.39, 0.29) is 12.7 Å². The fourth-order valence-electron chi connectivity index (χ4n) is 4.12. The second-order valence-electron chi connectivity index (χ2n) is 7.56. The average molecular weight is 410 g/mol. The van der Waals surface area contributed by atoms with Gasteiger partial charge in [0.25, 0.3) is 5.91 Å². The molecule has 1 amide bonds. The van der Waals surface area contributed by atoms with Crippen LogP contribution in [0, 0.1) is 13.8 Å². The highest BCUT2D eigenvalue weighted by atomic mass is 32.2. The summed E-state index contributed by atoms with van der Waals surface area (Å²) < 4.78 is 13.1. The van der Waals surface area contributed by atoms with Crippen molar-refractivity contribution in [2.45, 2.75) is 33.1 Å². The molecule has 3 aliphatic rings. The number of likely N-dealkylation sites (tertiary alicyclic amines) is 1. The summed E-state index contributed by atoms with van der Waals surface area (Å²) in [5, 5.41) is 0.852. The predicted octanol–water partition coefficient (Wildman–Crippen LogP) is 4.28. The Morgan fingerprint density at radius 1 is 1.07 bits per heavy atom. The number of piperidine rings is 1. The second-order valence-corrected chi connectivity index (χ2v) is 8.57. The molecule has 0 radical (unpaired) electrons. The number of fused-ring (bicyclic) bond motifs is 1. The van der Waals surface area contributed by atoms with E-state index in [0.717, 1.165) is 52.4 Å². The molecule has 150 valence electrons. The maximum Gasteiger partial charge on any atom is 0.286 e. The van der Waals surface area contributed by atoms with Gasteiger partial charge >= 0.3 is 0 Å². The maximum absolute atomic E-state index is 12.5. The van der Waals surface area contributed by atoms with Gasteiger partial charge in [-0.05, 0) is 74.7 Å². The number of thioether (sulfide) groups is 1. The molecule has 29 heavy (non-hydrogen) atoms. The molecule has 4 heterocycles. The number of aliphatic imine (C=N–C) groups is 1. The van der Waals surface area contributed by atoms with Crippen LogP contribution in [0.15, 0.2) is 34.2 Å². The molecule has 0 bridgehead atoms. The molecule has 0 aliphatic carbocycles. The predicted molar refractivity (Wildman–Crippen MR) is 115 cm³/mol. The number of amides is 1. The van der Waals surface area contributed by atoms with E-state index in [4.69, 9.17) is 9.47 Å². The summed E-state index contributed by atoms with van der Waals surface area (Å²) >= 11 is 1.50. The van der Waals surface area contributed by atoms with Crippen molar-refractivity contribution >= 4 is 28.9 Å². The molecule has 1 saturated heterocycles. The molecule has 1 aromatic carbocycles. The van der Waals surface area contributed by atoms with Gasteiger partial charge < -0.3 is 18.9 Å². The highest BCUT2D eigenvalue weighted by Crippen LogP contribution is 2.36. The van der Waals surface area contributed by atoms with Crippen LogP contribution in [0.5, 0.6) is 11.5 Å². The largest absolute Gasteiger partial charge is 0.454 e. The third-order valence-corrected chi connectivity index (χ3v) is 6.65. The van der Waals surface area contributed by atoms with Crippen molar-refractivity contribution in [1.29, 1.82) is 0 Å². The Balaban J connectivity index is 1.43. The average Bonchev–Trinajstić information content (AvgIpc) is 3.41. The van der Waals surface area contributed by atoms with E-state index in [2.05, 4.69) is 34.4 Å². The van der Waals surface area contributed by atoms with Crippen LogP contribution in [-0.4, -0.2) is 40.4 Å². The van der Waals surface area contributed by atoms with Crippen LogP contribution in [0.4, 0.5) is 0 Å². The summed E-state index contributed by atoms with van der Waals surface area (Å²) in [5.74, 6) is 1.40. The molecule has 1 aromatic heterocycles. The van der Waals surface area contributed by atoms with Crippen molar-refractivity contribution in [2.75, 3.05) is 19.9 Å². The van der Waals surface area contributed by atoms with Crippen molar-refractivity contribution < 1.29 is 14.3 Å². The lowest BCUT2D eigenvalue weighted by Crippen LogP contribution is -2.33. The number of ether oxygens (including phenoxy) is 2. The number of rotatable bonds is 2. The van der Waals surface area contributed by atoms with E-state index < -0.39 is 0 Å². The number of carbonyl (C=O) groups excluding carboxylic acids is 1. The number of aryl methyl sites for hydroxylation is 1. The molecule has 0 spiro atoms. The van der Waals surface area contributed by atoms with Crippen LogP contribution in [-0.2, 0) is 4.79 Å². The summed E-state index contributed by atoms with van der Waals surface area (Å²) in [7, 11) is 0. The SMILES string of the molecule is Cc1cc(/C=C2\SC(N3CCCCC3)=NC2=O)c(C)n1-c1ccc2c(c1)OCO2. The first-order valence-corrected chi connectivity index (χ1v) is 10.8. The van der Waals surface area contributed by atoms with Gasteiger partial charge in [0.05, 0.1) is 4.91 Å². The number of aromatic nitrogens is 1. The van der Waals surface area contributed by atoms with E-state index >= 15 is 0 Å². The standard InChI is InChI=1S/C22H23N3O3S/c1-14-10-16(11-20-21(26)23-22(29-20)24-8-4-3-5-9-24)15(2)25(14)17-6-7-18-19(12-17)28-13-27-18/h6-7,10-12H,3-5,8-9,13H2,1-2H3/b20-11-. The summed E-state index contributed by atoms with van der Waals surface area (Å²) in [5.41, 5.74) is 4.23. The summed E-state index contributed by atoms with van der Waals surface area (Å²) in [4.78, 5) is 19.7. The zero-order valence-corrected chi connectivity index (χ0v) is 17.4. The number of amidine groups is 1. The van der Waals surface area contributed by atoms with Gasteiger partial charge in [0, 0.05) is 36.2 Å². The smallest absolute Gasteiger partial charge is 0.286 e. The highest BCUT2D eigenvalue weighted by Gasteiger charge is 2.27. The molecule has 6 nitrogen and oxygen atoms in total. The molecule has 0 atom stereocenters. The minimum atomic E-state index is -0.136. The number of carbonyl (C=O) groups is 1. The van der Waals surface area contributed by atoms with Crippen molar-refractivity contribution in [3.05, 3.63) is 46.1 Å². The van der Waals surface area contributed by atoms with E-state index in [1.165, 1.54) is 31.0 Å². The zero-order valence-electron chi connectivity index (χ0n) is 16.6. The highest BCUT2D eigenvalue weighted by molar-refractivity contribution is 8.18. The molecule has 2 aromatic rings. The molecular formula is C22H23N3O3S. The van der Waals surface area contributed by atoms with Gasteiger partial charge in [-0.2, -0.15) is 4.99 Å². The van der Waals surface area contributed by atoms with Gasteiger partial charge in [-0.15, -0.1) is 0 Å². The number of benzene rings is 1. The monoisotopic (exact) mass is 409 g/mol. The molecule has 0 N–H and O–H groups in total. The van der Waals surface area contributed by atoms with Gasteiger partial charge in [-0.25, -0.2) is 0 Å². The molecule has 5 rings (SSSR count). The first kappa shape index (κ1) is 18.4. The Morgan fingerprint density at radius 2 is 1.86 bits per heavy atom. The Kier molecular flexibility index (Phi) is 4.62. The molecule has 1 fully saturated rings. The number of hydrogen-bond donors (Lipinski definition) is 0. The van der Waals surface area contributed by atoms with Gasteiger partial charge in [-0.3, -0.25) is 4.79 Å². The lowest BCUT2D eigenvalue weighted by Gasteiger charge is -2.27. The first-order valence-electron chi connectivity index (χ1n) is 9.96. The molecule has 0 unspecified atom stereocenters. The Morgan fingerprint density at radius 3 is 2.69 bits per heavy atom. The summed E-state index contributed by atoms with van der Waals surface area (Å²) in [6.45, 7) is 6.38. The van der Waals surface area contributed by atoms with Crippen molar-refractivity contribution in [3.63, 3.8) is 0 Å². The second kappa shape index (κ2) is 7.30. The fourth-order valence-corrected chi connectivity index (χ4v) is 5.07. The Hall–Kier alpha value is -2.67. The molecule has 7 heteroatoms. The fraction of sp³-hybridized carbons (Fsp3) is 0.364. The van der Waals surface area contributed by atoms with Crippen molar-refractivity contribution in [2.24, 2.45) is 4.99 Å². The van der Waals surface area contributed by atoms with Crippen LogP contribution in [0.2, 0.25) is 0 Å². The number of hydrogen-bond acceptors (Lipinski definition) is 5. The third-order valence-electron chi connectivity index (χ3n) is 5.61. The lowest BCUT2D eigenvalue weighted by molar-refractivity contribution is -0.113. The van der Waals surface area contributed by atoms with Crippen LogP contribution < -0.4 is 9.47 Å². The lowest BCUT2D eigenvalue weighted by atomic mass is 10.1. The minimum Gasteiger partial charge on any atom is -0.454 e. The van der Waals surface area contributed by atoms with Crippen LogP contribution in [0.25, 0.3) is 11.8 Å². The van der Waals surface area contributed by atoms with Gasteiger partial charge in [0.1, 0.15) is 0 Å². The van der Waals surface area contributed by atoms with Gasteiger partial charge in [0.15, 0.2) is 16.7 Å². The van der Waals surface area contributed by atoms with Crippen LogP contribution >= 0.6 is 11.8 Å². The van der Waals surface area contributed by atoms with Crippen LogP contribution in [0.1, 0.15) is 36.2 Å². The van der Waals surface area contributed by atoms with Gasteiger partial charge in [0.2, 0.25) is 6.79 Å². The topological polar surface area (TPSA) is 56.1 Å². The van der Waals surface area contributed by atoms with E-state index in [9.17, 15) is 4.79 Å². The first-order chi connectivity index (χ1) is 14.1. The third kappa shape index (κ3) is 3.33. The van der Waals surface area contributed by atoms with E-state index in [1.807, 2.05) is 24.3 Å². The van der Waals surface area contributed by atoms with E-state index in [1.54, 1.807) is 0 Å². The van der Waals surface area contributed by atoms with Crippen molar-refractivity contribution in [3.8, 4) is 17.2 Å². The van der Waals surface area contributed by atoms with Crippen LogP contribution in [0.3, 0.4) is 0 Å². The maximum atomic E-state index is 12.5. The quantitative estimate of drug-likeness (QED) is 0.693. The summed E-state index contributed by atoms with van der Waals surface area (Å²) in [6.07, 6.45) is 5.57. The Bertz CT molecular complexity index is 1050. The molecule has 0 saturated carbocycles. The summed E-state index contributed by atoms with van der Waals surface area (Å²) in [6, 6.07) is 8.06. The normalized spacial score (nSPS) is 19.9. The Labute approximate surface area is 174 Å². The minimum absolute atomic E-state index is 0.136. The van der Waals surface area contributed by atoms with Crippen molar-refractivity contribution in [1.82, 2.24) is 9.47 Å².